The van der Waals surface area contributed by atoms with Crippen LogP contribution >= 0.6 is 11.3 Å². The van der Waals surface area contributed by atoms with Crippen molar-refractivity contribution in [3.8, 4) is 21.8 Å². The molecule has 0 atom stereocenters. The van der Waals surface area contributed by atoms with Crippen molar-refractivity contribution >= 4 is 28.2 Å². The summed E-state index contributed by atoms with van der Waals surface area (Å²) in [6.07, 6.45) is 6.49. The molecule has 0 amide bonds. The number of aryl methyl sites for hydroxylation is 1. The quantitative estimate of drug-likeness (QED) is 0.377. The number of ketones is 1. The van der Waals surface area contributed by atoms with E-state index in [1.807, 2.05) is 17.5 Å². The molecule has 0 saturated heterocycles. The van der Waals surface area contributed by atoms with E-state index in [4.69, 9.17) is 0 Å². The smallest absolute Gasteiger partial charge is 0.201 e. The standard InChI is InChI=1S/C23H14F2N4OS/c1-12-4-5-17(24)19(20(12)25)21(30)16-10-28-22-15(16)7-14(9-27-22)18-11-31-23(29-18)13-3-2-6-26-8-13/h2-11H,1H3,(H,27,28). The molecule has 0 aliphatic rings. The molecule has 5 rings (SSSR count). The van der Waals surface area contributed by atoms with Crippen molar-refractivity contribution in [3.63, 3.8) is 0 Å². The number of carbonyl (C=O) groups excluding carboxylic acids is 1. The molecular formula is C23H14F2N4OS. The normalized spacial score (nSPS) is 11.2. The summed E-state index contributed by atoms with van der Waals surface area (Å²) in [4.78, 5) is 29.0. The molecule has 0 spiro atoms. The molecule has 0 saturated carbocycles. The maximum absolute atomic E-state index is 14.5. The number of nitrogens with one attached hydrogen (secondary N) is 1. The van der Waals surface area contributed by atoms with E-state index in [1.54, 1.807) is 24.7 Å². The Balaban J connectivity index is 1.58. The van der Waals surface area contributed by atoms with E-state index in [0.29, 0.717) is 22.3 Å². The van der Waals surface area contributed by atoms with Crippen LogP contribution in [0.1, 0.15) is 21.5 Å². The Morgan fingerprint density at radius 1 is 1.13 bits per heavy atom. The van der Waals surface area contributed by atoms with Crippen LogP contribution in [-0.2, 0) is 0 Å². The lowest BCUT2D eigenvalue weighted by atomic mass is 9.99. The summed E-state index contributed by atoms with van der Waals surface area (Å²) in [5.74, 6) is -2.49. The number of pyridine rings is 2. The third-order valence-electron chi connectivity index (χ3n) is 5.00. The number of hydrogen-bond acceptors (Lipinski definition) is 5. The molecule has 0 aliphatic heterocycles. The fourth-order valence-electron chi connectivity index (χ4n) is 3.36. The van der Waals surface area contributed by atoms with Crippen LogP contribution in [0.4, 0.5) is 8.78 Å². The SMILES string of the molecule is Cc1ccc(F)c(C(=O)c2c[nH]c3ncc(-c4csc(-c5cccnc5)n4)cc23)c1F. The predicted molar refractivity (Wildman–Crippen MR) is 115 cm³/mol. The van der Waals surface area contributed by atoms with Crippen molar-refractivity contribution in [2.75, 3.05) is 0 Å². The number of benzene rings is 1. The minimum atomic E-state index is -0.896. The zero-order chi connectivity index (χ0) is 21.5. The minimum Gasteiger partial charge on any atom is -0.345 e. The van der Waals surface area contributed by atoms with Crippen LogP contribution in [0.15, 0.2) is 60.5 Å². The minimum absolute atomic E-state index is 0.149. The Labute approximate surface area is 179 Å². The molecule has 4 aromatic heterocycles. The summed E-state index contributed by atoms with van der Waals surface area (Å²) >= 11 is 1.46. The molecule has 5 aromatic rings. The first-order valence-corrected chi connectivity index (χ1v) is 10.2. The number of halogens is 2. The van der Waals surface area contributed by atoms with Crippen LogP contribution in [0.2, 0.25) is 0 Å². The summed E-state index contributed by atoms with van der Waals surface area (Å²) in [5, 5.41) is 3.16. The molecule has 0 unspecified atom stereocenters. The topological polar surface area (TPSA) is 71.5 Å². The Hall–Kier alpha value is -3.78. The molecule has 31 heavy (non-hydrogen) atoms. The van der Waals surface area contributed by atoms with Gasteiger partial charge in [-0.2, -0.15) is 0 Å². The van der Waals surface area contributed by atoms with Gasteiger partial charge in [0.25, 0.3) is 0 Å². The van der Waals surface area contributed by atoms with Gasteiger partial charge < -0.3 is 4.98 Å². The second-order valence-electron chi connectivity index (χ2n) is 6.98. The van der Waals surface area contributed by atoms with Gasteiger partial charge in [0.05, 0.1) is 11.3 Å². The monoisotopic (exact) mass is 432 g/mol. The molecule has 152 valence electrons. The van der Waals surface area contributed by atoms with Gasteiger partial charge in [0, 0.05) is 52.2 Å². The highest BCUT2D eigenvalue weighted by molar-refractivity contribution is 7.13. The van der Waals surface area contributed by atoms with Gasteiger partial charge in [-0.15, -0.1) is 11.3 Å². The van der Waals surface area contributed by atoms with Gasteiger partial charge in [0.2, 0.25) is 5.78 Å². The Kier molecular flexibility index (Phi) is 4.63. The molecule has 5 nitrogen and oxygen atoms in total. The van der Waals surface area contributed by atoms with Crippen LogP contribution < -0.4 is 0 Å². The summed E-state index contributed by atoms with van der Waals surface area (Å²) in [6.45, 7) is 1.49. The van der Waals surface area contributed by atoms with E-state index in [9.17, 15) is 13.6 Å². The van der Waals surface area contributed by atoms with Gasteiger partial charge in [-0.3, -0.25) is 9.78 Å². The third kappa shape index (κ3) is 3.30. The van der Waals surface area contributed by atoms with Crippen molar-refractivity contribution < 1.29 is 13.6 Å². The molecule has 0 radical (unpaired) electrons. The fraction of sp³-hybridized carbons (Fsp3) is 0.0435. The van der Waals surface area contributed by atoms with Gasteiger partial charge >= 0.3 is 0 Å². The number of fused-ring (bicyclic) bond motifs is 1. The van der Waals surface area contributed by atoms with E-state index in [0.717, 1.165) is 16.6 Å². The van der Waals surface area contributed by atoms with Crippen molar-refractivity contribution in [2.45, 2.75) is 6.92 Å². The molecule has 1 N–H and O–H groups in total. The molecular weight excluding hydrogens is 418 g/mol. The summed E-state index contributed by atoms with van der Waals surface area (Å²) in [6, 6.07) is 7.91. The fourth-order valence-corrected chi connectivity index (χ4v) is 4.18. The van der Waals surface area contributed by atoms with Gasteiger partial charge in [0.15, 0.2) is 0 Å². The van der Waals surface area contributed by atoms with Crippen LogP contribution in [-0.4, -0.2) is 25.7 Å². The Morgan fingerprint density at radius 3 is 2.81 bits per heavy atom. The number of thiazole rings is 1. The number of H-pyrrole nitrogens is 1. The Bertz CT molecular complexity index is 1440. The lowest BCUT2D eigenvalue weighted by Crippen LogP contribution is -2.08. The van der Waals surface area contributed by atoms with E-state index in [2.05, 4.69) is 19.9 Å². The zero-order valence-corrected chi connectivity index (χ0v) is 17.0. The average molecular weight is 432 g/mol. The van der Waals surface area contributed by atoms with Crippen LogP contribution in [0.25, 0.3) is 32.9 Å². The first-order valence-electron chi connectivity index (χ1n) is 9.35. The molecule has 1 aromatic carbocycles. The van der Waals surface area contributed by atoms with Gasteiger partial charge in [-0.1, -0.05) is 6.07 Å². The maximum atomic E-state index is 14.5. The van der Waals surface area contributed by atoms with Gasteiger partial charge in [-0.25, -0.2) is 18.7 Å². The number of carbonyl (C=O) groups is 1. The third-order valence-corrected chi connectivity index (χ3v) is 5.89. The summed E-state index contributed by atoms with van der Waals surface area (Å²) in [5.41, 5.74) is 2.51. The first kappa shape index (κ1) is 19.2. The van der Waals surface area contributed by atoms with Gasteiger partial charge in [-0.05, 0) is 36.8 Å². The van der Waals surface area contributed by atoms with Crippen LogP contribution in [0.5, 0.6) is 0 Å². The number of aromatic nitrogens is 4. The largest absolute Gasteiger partial charge is 0.345 e. The van der Waals surface area contributed by atoms with E-state index < -0.39 is 23.0 Å². The second-order valence-corrected chi connectivity index (χ2v) is 7.84. The van der Waals surface area contributed by atoms with E-state index in [1.165, 1.54) is 30.5 Å². The highest BCUT2D eigenvalue weighted by Crippen LogP contribution is 2.31. The maximum Gasteiger partial charge on any atom is 0.201 e. The second kappa shape index (κ2) is 7.48. The summed E-state index contributed by atoms with van der Waals surface area (Å²) in [7, 11) is 0. The predicted octanol–water partition coefficient (Wildman–Crippen LogP) is 5.57. The number of rotatable bonds is 4. The molecule has 8 heteroatoms. The van der Waals surface area contributed by atoms with E-state index >= 15 is 0 Å². The zero-order valence-electron chi connectivity index (χ0n) is 16.2. The lowest BCUT2D eigenvalue weighted by molar-refractivity contribution is 0.103. The molecule has 0 aliphatic carbocycles. The van der Waals surface area contributed by atoms with E-state index in [-0.39, 0.29) is 11.1 Å². The highest BCUT2D eigenvalue weighted by atomic mass is 32.1. The lowest BCUT2D eigenvalue weighted by Gasteiger charge is -2.06. The number of aromatic amines is 1. The van der Waals surface area contributed by atoms with Crippen molar-refractivity contribution in [3.05, 3.63) is 88.8 Å². The number of hydrogen-bond donors (Lipinski definition) is 1. The van der Waals surface area contributed by atoms with Crippen molar-refractivity contribution in [1.29, 1.82) is 0 Å². The van der Waals surface area contributed by atoms with Crippen molar-refractivity contribution in [1.82, 2.24) is 19.9 Å². The highest BCUT2D eigenvalue weighted by Gasteiger charge is 2.23. The van der Waals surface area contributed by atoms with Crippen LogP contribution in [0.3, 0.4) is 0 Å². The molecule has 0 bridgehead atoms. The van der Waals surface area contributed by atoms with Gasteiger partial charge in [0.1, 0.15) is 22.3 Å². The number of nitrogens with zero attached hydrogens (tertiary/aromatic N) is 3. The van der Waals surface area contributed by atoms with Crippen LogP contribution in [0, 0.1) is 18.6 Å². The molecule has 4 heterocycles. The Morgan fingerprint density at radius 2 is 2.00 bits per heavy atom. The summed E-state index contributed by atoms with van der Waals surface area (Å²) < 4.78 is 28.8. The van der Waals surface area contributed by atoms with Crippen molar-refractivity contribution in [2.24, 2.45) is 0 Å². The first-order chi connectivity index (χ1) is 15.0. The molecule has 0 fully saturated rings. The average Bonchev–Trinajstić information content (AvgIpc) is 3.44.